The largest absolute Gasteiger partial charge is 0.295 e. The number of hydrogen-bond acceptors (Lipinski definition) is 2. The lowest BCUT2D eigenvalue weighted by atomic mass is 10.0. The number of hydrogen-bond donors (Lipinski definition) is 0. The van der Waals surface area contributed by atoms with E-state index in [2.05, 4.69) is 10.0 Å². The molecule has 0 atom stereocenters. The molecule has 0 fully saturated rings. The third-order valence-corrected chi connectivity index (χ3v) is 2.86. The van der Waals surface area contributed by atoms with Gasteiger partial charge in [-0.15, -0.1) is 0 Å². The number of ketones is 1. The maximum atomic E-state index is 11.5. The molecule has 4 heteroatoms. The molecule has 0 N–H and O–H groups in total. The van der Waals surface area contributed by atoms with Gasteiger partial charge in [0.25, 0.3) is 0 Å². The van der Waals surface area contributed by atoms with E-state index in [1.807, 2.05) is 0 Å². The molecule has 4 nitrogen and oxygen atoms in total. The van der Waals surface area contributed by atoms with Crippen LogP contribution in [0, 0.1) is 0 Å². The quantitative estimate of drug-likeness (QED) is 0.370. The highest BCUT2D eigenvalue weighted by Gasteiger charge is 2.03. The van der Waals surface area contributed by atoms with Gasteiger partial charge in [0.05, 0.1) is 0 Å². The average molecular weight is 221 g/mol. The van der Waals surface area contributed by atoms with Crippen molar-refractivity contribution in [1.82, 2.24) is 0 Å². The molecule has 16 heavy (non-hydrogen) atoms. The molecular formula is C12H19N3O. The monoisotopic (exact) mass is 221 g/mol. The third-order valence-electron chi connectivity index (χ3n) is 2.86. The number of rotatable bonds is 1. The lowest BCUT2D eigenvalue weighted by Gasteiger charge is -2.05. The molecule has 0 aromatic heterocycles. The van der Waals surface area contributed by atoms with Crippen LogP contribution in [0.2, 0.25) is 0 Å². The van der Waals surface area contributed by atoms with E-state index in [0.717, 1.165) is 32.1 Å². The first-order valence-corrected chi connectivity index (χ1v) is 6.11. The highest BCUT2D eigenvalue weighted by molar-refractivity contribution is 5.90. The van der Waals surface area contributed by atoms with Crippen molar-refractivity contribution >= 4 is 5.78 Å². The molecule has 0 saturated heterocycles. The van der Waals surface area contributed by atoms with Crippen LogP contribution in [0.25, 0.3) is 10.4 Å². The van der Waals surface area contributed by atoms with Crippen LogP contribution in [0.3, 0.4) is 0 Å². The molecular weight excluding hydrogens is 202 g/mol. The Labute approximate surface area is 96.4 Å². The van der Waals surface area contributed by atoms with Crippen molar-refractivity contribution in [2.45, 2.75) is 57.8 Å². The van der Waals surface area contributed by atoms with Crippen molar-refractivity contribution < 1.29 is 4.79 Å². The minimum absolute atomic E-state index is 0.1000. The van der Waals surface area contributed by atoms with Crippen LogP contribution in [-0.4, -0.2) is 5.78 Å². The zero-order chi connectivity index (χ0) is 11.6. The summed E-state index contributed by atoms with van der Waals surface area (Å²) in [5.41, 5.74) is 9.00. The molecule has 0 spiro atoms. The van der Waals surface area contributed by atoms with Crippen LogP contribution >= 0.6 is 0 Å². The van der Waals surface area contributed by atoms with Crippen LogP contribution in [0.1, 0.15) is 57.8 Å². The van der Waals surface area contributed by atoms with Crippen LogP contribution in [0.4, 0.5) is 0 Å². The number of carbonyl (C=O) groups is 1. The van der Waals surface area contributed by atoms with Crippen LogP contribution in [-0.2, 0) is 4.79 Å². The van der Waals surface area contributed by atoms with E-state index in [1.165, 1.54) is 25.3 Å². The van der Waals surface area contributed by atoms with Gasteiger partial charge >= 0.3 is 0 Å². The lowest BCUT2D eigenvalue weighted by Crippen LogP contribution is -1.96. The van der Waals surface area contributed by atoms with Gasteiger partial charge in [-0.3, -0.25) is 4.79 Å². The molecule has 0 aliphatic heterocycles. The summed E-state index contributed by atoms with van der Waals surface area (Å²) in [6, 6.07) is 0. The highest BCUT2D eigenvalue weighted by atomic mass is 16.1. The molecule has 0 bridgehead atoms. The fraction of sp³-hybridized carbons (Fsp3) is 0.750. The molecule has 0 aromatic rings. The summed E-state index contributed by atoms with van der Waals surface area (Å²) in [4.78, 5) is 14.3. The average Bonchev–Trinajstić information content (AvgIpc) is 2.25. The SMILES string of the molecule is [N-]=[N+]=N/C1=C/C(=O)CCCCCCCCC1. The van der Waals surface area contributed by atoms with Crippen molar-refractivity contribution in [3.8, 4) is 0 Å². The molecule has 0 radical (unpaired) electrons. The number of allylic oxidation sites excluding steroid dienone is 2. The summed E-state index contributed by atoms with van der Waals surface area (Å²) < 4.78 is 0. The molecule has 1 rings (SSSR count). The second-order valence-electron chi connectivity index (χ2n) is 4.27. The Morgan fingerprint density at radius 1 is 1.00 bits per heavy atom. The Hall–Kier alpha value is -1.28. The maximum Gasteiger partial charge on any atom is 0.155 e. The first-order chi connectivity index (χ1) is 7.83. The summed E-state index contributed by atoms with van der Waals surface area (Å²) in [6.45, 7) is 0. The molecule has 0 unspecified atom stereocenters. The predicted molar refractivity (Wildman–Crippen MR) is 63.8 cm³/mol. The van der Waals surface area contributed by atoms with Gasteiger partial charge in [0.2, 0.25) is 0 Å². The second-order valence-corrected chi connectivity index (χ2v) is 4.27. The highest BCUT2D eigenvalue weighted by Crippen LogP contribution is 2.16. The molecule has 1 aliphatic carbocycles. The van der Waals surface area contributed by atoms with Gasteiger partial charge in [-0.2, -0.15) is 0 Å². The fourth-order valence-electron chi connectivity index (χ4n) is 1.96. The van der Waals surface area contributed by atoms with Crippen LogP contribution in [0.15, 0.2) is 16.9 Å². The van der Waals surface area contributed by atoms with Crippen molar-refractivity contribution in [2.24, 2.45) is 5.11 Å². The fourth-order valence-corrected chi connectivity index (χ4v) is 1.96. The predicted octanol–water partition coefficient (Wildman–Crippen LogP) is 4.27. The first-order valence-electron chi connectivity index (χ1n) is 6.11. The Morgan fingerprint density at radius 3 is 2.19 bits per heavy atom. The maximum absolute atomic E-state index is 11.5. The van der Waals surface area contributed by atoms with Crippen molar-refractivity contribution in [1.29, 1.82) is 0 Å². The lowest BCUT2D eigenvalue weighted by molar-refractivity contribution is -0.114. The van der Waals surface area contributed by atoms with E-state index < -0.39 is 0 Å². The van der Waals surface area contributed by atoms with Gasteiger partial charge in [0.1, 0.15) is 0 Å². The van der Waals surface area contributed by atoms with Gasteiger partial charge in [0.15, 0.2) is 5.78 Å². The molecule has 0 heterocycles. The Balaban J connectivity index is 2.59. The molecule has 0 saturated carbocycles. The Bertz CT molecular complexity index is 303. The number of nitrogens with zero attached hydrogens (tertiary/aromatic N) is 3. The normalized spacial score (nSPS) is 23.2. The number of azide groups is 1. The van der Waals surface area contributed by atoms with E-state index >= 15 is 0 Å². The Morgan fingerprint density at radius 2 is 1.56 bits per heavy atom. The summed E-state index contributed by atoms with van der Waals surface area (Å²) >= 11 is 0. The molecule has 0 amide bonds. The van der Waals surface area contributed by atoms with Crippen molar-refractivity contribution in [3.05, 3.63) is 22.2 Å². The Kier molecular flexibility index (Phi) is 6.35. The van der Waals surface area contributed by atoms with Crippen molar-refractivity contribution in [3.63, 3.8) is 0 Å². The van der Waals surface area contributed by atoms with E-state index in [1.54, 1.807) is 0 Å². The minimum atomic E-state index is 0.1000. The summed E-state index contributed by atoms with van der Waals surface area (Å²) in [5, 5.41) is 3.58. The van der Waals surface area contributed by atoms with Gasteiger partial charge in [-0.25, -0.2) is 0 Å². The van der Waals surface area contributed by atoms with Crippen molar-refractivity contribution in [2.75, 3.05) is 0 Å². The molecule has 0 aromatic carbocycles. The number of carbonyl (C=O) groups excluding carboxylic acids is 1. The summed E-state index contributed by atoms with van der Waals surface area (Å²) in [5.74, 6) is 0.1000. The van der Waals surface area contributed by atoms with Gasteiger partial charge in [-0.05, 0) is 30.9 Å². The van der Waals surface area contributed by atoms with E-state index in [9.17, 15) is 4.79 Å². The topological polar surface area (TPSA) is 65.8 Å². The van der Waals surface area contributed by atoms with Crippen LogP contribution in [0.5, 0.6) is 0 Å². The standard InChI is InChI=1S/C12H19N3O/c13-15-14-11-8-6-4-2-1-3-5-7-9-12(16)10-11/h10H,1-9H2/b11-10+. The van der Waals surface area contributed by atoms with Crippen LogP contribution < -0.4 is 0 Å². The van der Waals surface area contributed by atoms with E-state index in [4.69, 9.17) is 5.53 Å². The zero-order valence-corrected chi connectivity index (χ0v) is 9.69. The molecule has 88 valence electrons. The van der Waals surface area contributed by atoms with Gasteiger partial charge < -0.3 is 0 Å². The van der Waals surface area contributed by atoms with Gasteiger partial charge in [-0.1, -0.05) is 37.2 Å². The van der Waals surface area contributed by atoms with Gasteiger partial charge in [0, 0.05) is 17.0 Å². The first kappa shape index (κ1) is 12.8. The zero-order valence-electron chi connectivity index (χ0n) is 9.69. The minimum Gasteiger partial charge on any atom is -0.295 e. The second kappa shape index (κ2) is 7.94. The third kappa shape index (κ3) is 5.56. The van der Waals surface area contributed by atoms with E-state index in [0.29, 0.717) is 12.1 Å². The summed E-state index contributed by atoms with van der Waals surface area (Å²) in [7, 11) is 0. The van der Waals surface area contributed by atoms with E-state index in [-0.39, 0.29) is 5.78 Å². The smallest absolute Gasteiger partial charge is 0.155 e. The molecule has 1 aliphatic rings. The summed E-state index contributed by atoms with van der Waals surface area (Å²) in [6.07, 6.45) is 10.9.